The van der Waals surface area contributed by atoms with E-state index in [-0.39, 0.29) is 5.91 Å². The Labute approximate surface area is 95.3 Å². The third-order valence-corrected chi connectivity index (χ3v) is 2.92. The first kappa shape index (κ1) is 10.7. The van der Waals surface area contributed by atoms with Crippen molar-refractivity contribution in [2.45, 2.75) is 19.3 Å². The highest BCUT2D eigenvalue weighted by Crippen LogP contribution is 2.15. The average molecular weight is 214 g/mol. The first-order chi connectivity index (χ1) is 7.83. The van der Waals surface area contributed by atoms with Crippen molar-refractivity contribution >= 4 is 5.91 Å². The van der Waals surface area contributed by atoms with E-state index in [1.54, 1.807) is 24.3 Å². The summed E-state index contributed by atoms with van der Waals surface area (Å²) in [4.78, 5) is 14.0. The van der Waals surface area contributed by atoms with Gasteiger partial charge < -0.3 is 4.90 Å². The molecule has 1 amide bonds. The number of benzene rings is 1. The standard InChI is InChI=1S/C13H14N2O/c14-10-11-6-2-3-7-12(11)13(16)15-8-4-1-5-9-15/h2-3,6-7H,1,4-5,8-9H2. The van der Waals surface area contributed by atoms with E-state index in [0.29, 0.717) is 11.1 Å². The van der Waals surface area contributed by atoms with Crippen LogP contribution in [0.3, 0.4) is 0 Å². The van der Waals surface area contributed by atoms with Crippen LogP contribution in [0.2, 0.25) is 0 Å². The SMILES string of the molecule is N#Cc1ccccc1C(=O)N1CCCCC1. The Balaban J connectivity index is 2.23. The summed E-state index contributed by atoms with van der Waals surface area (Å²) >= 11 is 0. The van der Waals surface area contributed by atoms with Crippen LogP contribution in [0.1, 0.15) is 35.2 Å². The van der Waals surface area contributed by atoms with Crippen molar-refractivity contribution in [2.24, 2.45) is 0 Å². The summed E-state index contributed by atoms with van der Waals surface area (Å²) in [7, 11) is 0. The fourth-order valence-electron chi connectivity index (χ4n) is 2.03. The van der Waals surface area contributed by atoms with Gasteiger partial charge in [-0.1, -0.05) is 12.1 Å². The molecule has 0 N–H and O–H groups in total. The number of carbonyl (C=O) groups excluding carboxylic acids is 1. The Morgan fingerprint density at radius 1 is 1.19 bits per heavy atom. The molecule has 1 fully saturated rings. The molecule has 0 bridgehead atoms. The maximum absolute atomic E-state index is 12.2. The molecule has 2 rings (SSSR count). The van der Waals surface area contributed by atoms with Crippen molar-refractivity contribution in [3.05, 3.63) is 35.4 Å². The highest BCUT2D eigenvalue weighted by molar-refractivity contribution is 5.96. The summed E-state index contributed by atoms with van der Waals surface area (Å²) < 4.78 is 0. The Kier molecular flexibility index (Phi) is 3.21. The second-order valence-electron chi connectivity index (χ2n) is 4.01. The number of rotatable bonds is 1. The van der Waals surface area contributed by atoms with E-state index >= 15 is 0 Å². The average Bonchev–Trinajstić information content (AvgIpc) is 2.39. The molecular weight excluding hydrogens is 200 g/mol. The van der Waals surface area contributed by atoms with Crippen molar-refractivity contribution in [1.82, 2.24) is 4.90 Å². The van der Waals surface area contributed by atoms with Gasteiger partial charge >= 0.3 is 0 Å². The van der Waals surface area contributed by atoms with E-state index in [9.17, 15) is 4.79 Å². The van der Waals surface area contributed by atoms with E-state index in [2.05, 4.69) is 6.07 Å². The van der Waals surface area contributed by atoms with E-state index in [1.807, 2.05) is 4.90 Å². The lowest BCUT2D eigenvalue weighted by molar-refractivity contribution is 0.0724. The smallest absolute Gasteiger partial charge is 0.255 e. The molecule has 0 unspecified atom stereocenters. The van der Waals surface area contributed by atoms with E-state index in [4.69, 9.17) is 5.26 Å². The fraction of sp³-hybridized carbons (Fsp3) is 0.385. The molecule has 16 heavy (non-hydrogen) atoms. The number of hydrogen-bond acceptors (Lipinski definition) is 2. The number of nitriles is 1. The maximum Gasteiger partial charge on any atom is 0.255 e. The van der Waals surface area contributed by atoms with Crippen LogP contribution in [0.4, 0.5) is 0 Å². The lowest BCUT2D eigenvalue weighted by Crippen LogP contribution is -2.35. The van der Waals surface area contributed by atoms with Gasteiger partial charge in [0.15, 0.2) is 0 Å². The number of amides is 1. The van der Waals surface area contributed by atoms with Gasteiger partial charge in [0.2, 0.25) is 0 Å². The second-order valence-corrected chi connectivity index (χ2v) is 4.01. The number of carbonyl (C=O) groups is 1. The molecule has 1 aliphatic heterocycles. The molecule has 1 aromatic rings. The van der Waals surface area contributed by atoms with Crippen molar-refractivity contribution in [3.8, 4) is 6.07 Å². The van der Waals surface area contributed by atoms with Gasteiger partial charge in [0.05, 0.1) is 17.2 Å². The third kappa shape index (κ3) is 2.06. The predicted octanol–water partition coefficient (Wildman–Crippen LogP) is 2.18. The summed E-state index contributed by atoms with van der Waals surface area (Å²) in [5.41, 5.74) is 1.00. The van der Waals surface area contributed by atoms with Gasteiger partial charge in [0, 0.05) is 13.1 Å². The van der Waals surface area contributed by atoms with Crippen LogP contribution < -0.4 is 0 Å². The van der Waals surface area contributed by atoms with Crippen molar-refractivity contribution in [3.63, 3.8) is 0 Å². The van der Waals surface area contributed by atoms with Gasteiger partial charge in [-0.25, -0.2) is 0 Å². The summed E-state index contributed by atoms with van der Waals surface area (Å²) in [6.07, 6.45) is 3.34. The zero-order valence-corrected chi connectivity index (χ0v) is 9.15. The molecule has 1 heterocycles. The number of nitrogens with zero attached hydrogens (tertiary/aromatic N) is 2. The molecule has 0 radical (unpaired) electrons. The first-order valence-electron chi connectivity index (χ1n) is 5.61. The molecule has 0 saturated carbocycles. The van der Waals surface area contributed by atoms with Crippen LogP contribution in [-0.4, -0.2) is 23.9 Å². The Bertz CT molecular complexity index is 428. The minimum Gasteiger partial charge on any atom is -0.339 e. The fourth-order valence-corrected chi connectivity index (χ4v) is 2.03. The predicted molar refractivity (Wildman–Crippen MR) is 60.9 cm³/mol. The number of hydrogen-bond donors (Lipinski definition) is 0. The third-order valence-electron chi connectivity index (χ3n) is 2.92. The Morgan fingerprint density at radius 3 is 2.56 bits per heavy atom. The van der Waals surface area contributed by atoms with Crippen molar-refractivity contribution in [1.29, 1.82) is 5.26 Å². The molecule has 82 valence electrons. The summed E-state index contributed by atoms with van der Waals surface area (Å²) in [6, 6.07) is 9.08. The van der Waals surface area contributed by atoms with Gasteiger partial charge in [-0.05, 0) is 31.4 Å². The minimum atomic E-state index is -0.00292. The van der Waals surface area contributed by atoms with E-state index < -0.39 is 0 Å². The lowest BCUT2D eigenvalue weighted by atomic mass is 10.1. The van der Waals surface area contributed by atoms with E-state index in [0.717, 1.165) is 25.9 Å². The summed E-state index contributed by atoms with van der Waals surface area (Å²) in [5.74, 6) is -0.00292. The van der Waals surface area contributed by atoms with Crippen LogP contribution >= 0.6 is 0 Å². The summed E-state index contributed by atoms with van der Waals surface area (Å²) in [5, 5.41) is 8.94. The van der Waals surface area contributed by atoms with Gasteiger partial charge in [-0.2, -0.15) is 5.26 Å². The molecule has 3 heteroatoms. The topological polar surface area (TPSA) is 44.1 Å². The van der Waals surface area contributed by atoms with Crippen molar-refractivity contribution in [2.75, 3.05) is 13.1 Å². The Hall–Kier alpha value is -1.82. The molecule has 0 spiro atoms. The van der Waals surface area contributed by atoms with Crippen molar-refractivity contribution < 1.29 is 4.79 Å². The largest absolute Gasteiger partial charge is 0.339 e. The molecule has 1 aromatic carbocycles. The molecule has 3 nitrogen and oxygen atoms in total. The van der Waals surface area contributed by atoms with Crippen LogP contribution in [0, 0.1) is 11.3 Å². The summed E-state index contributed by atoms with van der Waals surface area (Å²) in [6.45, 7) is 1.64. The Morgan fingerprint density at radius 2 is 1.88 bits per heavy atom. The van der Waals surface area contributed by atoms with Crippen LogP contribution in [-0.2, 0) is 0 Å². The molecule has 1 saturated heterocycles. The van der Waals surface area contributed by atoms with Crippen LogP contribution in [0.15, 0.2) is 24.3 Å². The monoisotopic (exact) mass is 214 g/mol. The van der Waals surface area contributed by atoms with Crippen LogP contribution in [0.5, 0.6) is 0 Å². The second kappa shape index (κ2) is 4.80. The number of piperidine rings is 1. The minimum absolute atomic E-state index is 0.00292. The van der Waals surface area contributed by atoms with Crippen LogP contribution in [0.25, 0.3) is 0 Å². The highest BCUT2D eigenvalue weighted by atomic mass is 16.2. The normalized spacial score (nSPS) is 15.6. The zero-order valence-electron chi connectivity index (χ0n) is 9.15. The first-order valence-corrected chi connectivity index (χ1v) is 5.61. The maximum atomic E-state index is 12.2. The highest BCUT2D eigenvalue weighted by Gasteiger charge is 2.20. The molecule has 0 aliphatic carbocycles. The van der Waals surface area contributed by atoms with Gasteiger partial charge in [0.25, 0.3) is 5.91 Å². The quantitative estimate of drug-likeness (QED) is 0.719. The van der Waals surface area contributed by atoms with Gasteiger partial charge in [-0.3, -0.25) is 4.79 Å². The van der Waals surface area contributed by atoms with Gasteiger partial charge in [-0.15, -0.1) is 0 Å². The lowest BCUT2D eigenvalue weighted by Gasteiger charge is -2.26. The number of likely N-dealkylation sites (tertiary alicyclic amines) is 1. The molecule has 0 aromatic heterocycles. The molecule has 0 atom stereocenters. The molecular formula is C13H14N2O. The van der Waals surface area contributed by atoms with E-state index in [1.165, 1.54) is 6.42 Å². The van der Waals surface area contributed by atoms with Gasteiger partial charge in [0.1, 0.15) is 0 Å². The zero-order chi connectivity index (χ0) is 11.4. The molecule has 1 aliphatic rings.